The lowest BCUT2D eigenvalue weighted by Crippen LogP contribution is -2.40. The molecule has 0 bridgehead atoms. The number of rotatable bonds is 7. The smallest absolute Gasteiger partial charge is 0.235 e. The molecule has 5 nitrogen and oxygen atoms in total. The number of carbonyl (C=O) groups is 1. The third-order valence-electron chi connectivity index (χ3n) is 2.56. The molecule has 1 aromatic carbocycles. The minimum Gasteiger partial charge on any atom is -0.355 e. The van der Waals surface area contributed by atoms with Gasteiger partial charge in [0.2, 0.25) is 15.9 Å². The fourth-order valence-electron chi connectivity index (χ4n) is 1.56. The van der Waals surface area contributed by atoms with Crippen molar-refractivity contribution in [3.63, 3.8) is 0 Å². The van der Waals surface area contributed by atoms with Gasteiger partial charge in [-0.05, 0) is 12.0 Å². The first-order chi connectivity index (χ1) is 8.93. The number of hydrogen-bond donors (Lipinski definition) is 1. The van der Waals surface area contributed by atoms with Crippen LogP contribution in [0.25, 0.3) is 0 Å². The summed E-state index contributed by atoms with van der Waals surface area (Å²) in [5.41, 5.74) is 0.858. The SMILES string of the molecule is CCCNC(=O)CN(Cc1ccccc1)S(C)(=O)=O. The lowest BCUT2D eigenvalue weighted by Gasteiger charge is -2.19. The molecule has 6 heteroatoms. The molecule has 0 fully saturated rings. The van der Waals surface area contributed by atoms with Crippen LogP contribution >= 0.6 is 0 Å². The van der Waals surface area contributed by atoms with Crippen molar-refractivity contribution >= 4 is 15.9 Å². The van der Waals surface area contributed by atoms with Gasteiger partial charge in [-0.1, -0.05) is 37.3 Å². The van der Waals surface area contributed by atoms with Gasteiger partial charge in [-0.25, -0.2) is 8.42 Å². The second-order valence-electron chi connectivity index (χ2n) is 4.37. The minimum atomic E-state index is -3.41. The van der Waals surface area contributed by atoms with E-state index in [1.54, 1.807) is 0 Å². The molecular weight excluding hydrogens is 264 g/mol. The Morgan fingerprint density at radius 1 is 1.26 bits per heavy atom. The zero-order chi connectivity index (χ0) is 14.3. The molecule has 19 heavy (non-hydrogen) atoms. The van der Waals surface area contributed by atoms with Crippen LogP contribution in [-0.2, 0) is 21.4 Å². The van der Waals surface area contributed by atoms with Crippen LogP contribution in [0.1, 0.15) is 18.9 Å². The minimum absolute atomic E-state index is 0.145. The lowest BCUT2D eigenvalue weighted by molar-refractivity contribution is -0.121. The molecular formula is C13H20N2O3S. The van der Waals surface area contributed by atoms with Gasteiger partial charge in [-0.2, -0.15) is 4.31 Å². The third-order valence-corrected chi connectivity index (χ3v) is 3.76. The number of benzene rings is 1. The van der Waals surface area contributed by atoms with Crippen molar-refractivity contribution in [2.24, 2.45) is 0 Å². The fourth-order valence-corrected chi connectivity index (χ4v) is 2.29. The predicted octanol–water partition coefficient (Wildman–Crippen LogP) is 0.974. The van der Waals surface area contributed by atoms with Gasteiger partial charge in [0, 0.05) is 13.1 Å². The van der Waals surface area contributed by atoms with Gasteiger partial charge in [-0.3, -0.25) is 4.79 Å². The van der Waals surface area contributed by atoms with Crippen molar-refractivity contribution < 1.29 is 13.2 Å². The maximum Gasteiger partial charge on any atom is 0.235 e. The molecule has 0 heterocycles. The predicted molar refractivity (Wildman–Crippen MR) is 75.0 cm³/mol. The van der Waals surface area contributed by atoms with Gasteiger partial charge >= 0.3 is 0 Å². The van der Waals surface area contributed by atoms with Crippen LogP contribution in [0.2, 0.25) is 0 Å². The van der Waals surface area contributed by atoms with Crippen molar-refractivity contribution in [3.8, 4) is 0 Å². The standard InChI is InChI=1S/C13H20N2O3S/c1-3-9-14-13(16)11-15(19(2,17)18)10-12-7-5-4-6-8-12/h4-8H,3,9-11H2,1-2H3,(H,14,16). The van der Waals surface area contributed by atoms with E-state index in [2.05, 4.69) is 5.32 Å². The number of hydrogen-bond acceptors (Lipinski definition) is 3. The van der Waals surface area contributed by atoms with Crippen LogP contribution in [0.3, 0.4) is 0 Å². The Morgan fingerprint density at radius 2 is 1.89 bits per heavy atom. The molecule has 0 aliphatic carbocycles. The van der Waals surface area contributed by atoms with E-state index in [1.807, 2.05) is 37.3 Å². The lowest BCUT2D eigenvalue weighted by atomic mass is 10.2. The van der Waals surface area contributed by atoms with Crippen molar-refractivity contribution in [1.29, 1.82) is 0 Å². The van der Waals surface area contributed by atoms with Gasteiger partial charge < -0.3 is 5.32 Å². The summed E-state index contributed by atoms with van der Waals surface area (Å²) in [6.45, 7) is 2.56. The van der Waals surface area contributed by atoms with Gasteiger partial charge in [0.05, 0.1) is 12.8 Å². The van der Waals surface area contributed by atoms with Crippen molar-refractivity contribution in [2.45, 2.75) is 19.9 Å². The first-order valence-electron chi connectivity index (χ1n) is 6.19. The van der Waals surface area contributed by atoms with Crippen LogP contribution in [-0.4, -0.2) is 38.0 Å². The molecule has 1 N–H and O–H groups in total. The Morgan fingerprint density at radius 3 is 2.42 bits per heavy atom. The van der Waals surface area contributed by atoms with Crippen molar-refractivity contribution in [2.75, 3.05) is 19.3 Å². The first kappa shape index (κ1) is 15.7. The van der Waals surface area contributed by atoms with E-state index in [-0.39, 0.29) is 19.0 Å². The summed E-state index contributed by atoms with van der Waals surface area (Å²) in [7, 11) is -3.41. The van der Waals surface area contributed by atoms with Crippen molar-refractivity contribution in [3.05, 3.63) is 35.9 Å². The Balaban J connectivity index is 2.71. The molecule has 0 unspecified atom stereocenters. The molecule has 1 rings (SSSR count). The average Bonchev–Trinajstić information content (AvgIpc) is 2.36. The van der Waals surface area contributed by atoms with Gasteiger partial charge in [0.25, 0.3) is 0 Å². The summed E-state index contributed by atoms with van der Waals surface area (Å²) in [4.78, 5) is 11.6. The van der Waals surface area contributed by atoms with Crippen LogP contribution in [0, 0.1) is 0 Å². The number of amides is 1. The largest absolute Gasteiger partial charge is 0.355 e. The molecule has 0 saturated carbocycles. The highest BCUT2D eigenvalue weighted by molar-refractivity contribution is 7.88. The first-order valence-corrected chi connectivity index (χ1v) is 8.04. The highest BCUT2D eigenvalue weighted by Gasteiger charge is 2.20. The van der Waals surface area contributed by atoms with Crippen LogP contribution in [0.4, 0.5) is 0 Å². The zero-order valence-corrected chi connectivity index (χ0v) is 12.1. The number of nitrogens with one attached hydrogen (secondary N) is 1. The Kier molecular flexibility index (Phi) is 5.98. The average molecular weight is 284 g/mol. The van der Waals surface area contributed by atoms with E-state index in [1.165, 1.54) is 4.31 Å². The molecule has 0 saturated heterocycles. The van der Waals surface area contributed by atoms with E-state index in [9.17, 15) is 13.2 Å². The quantitative estimate of drug-likeness (QED) is 0.811. The molecule has 0 radical (unpaired) electrons. The topological polar surface area (TPSA) is 66.5 Å². The number of nitrogens with zero attached hydrogens (tertiary/aromatic N) is 1. The summed E-state index contributed by atoms with van der Waals surface area (Å²) in [6.07, 6.45) is 1.94. The Labute approximate surface area is 114 Å². The van der Waals surface area contributed by atoms with E-state index in [0.29, 0.717) is 6.54 Å². The monoisotopic (exact) mass is 284 g/mol. The van der Waals surface area contributed by atoms with E-state index in [4.69, 9.17) is 0 Å². The molecule has 1 amide bonds. The molecule has 106 valence electrons. The Hall–Kier alpha value is -1.40. The molecule has 0 spiro atoms. The van der Waals surface area contributed by atoms with Crippen LogP contribution in [0.15, 0.2) is 30.3 Å². The molecule has 0 aliphatic heterocycles. The third kappa shape index (κ3) is 5.85. The second-order valence-corrected chi connectivity index (χ2v) is 6.35. The van der Waals surface area contributed by atoms with Gasteiger partial charge in [-0.15, -0.1) is 0 Å². The molecule has 0 atom stereocenters. The van der Waals surface area contributed by atoms with E-state index < -0.39 is 10.0 Å². The number of carbonyl (C=O) groups excluding carboxylic acids is 1. The Bertz CT molecular complexity index is 500. The highest BCUT2D eigenvalue weighted by atomic mass is 32.2. The summed E-state index contributed by atoms with van der Waals surface area (Å²) in [5.74, 6) is -0.275. The highest BCUT2D eigenvalue weighted by Crippen LogP contribution is 2.07. The van der Waals surface area contributed by atoms with Gasteiger partial charge in [0.15, 0.2) is 0 Å². The molecule has 0 aromatic heterocycles. The van der Waals surface area contributed by atoms with E-state index >= 15 is 0 Å². The zero-order valence-electron chi connectivity index (χ0n) is 11.3. The summed E-state index contributed by atoms with van der Waals surface area (Å²) in [5, 5.41) is 2.68. The molecule has 1 aromatic rings. The van der Waals surface area contributed by atoms with Crippen molar-refractivity contribution in [1.82, 2.24) is 9.62 Å². The maximum atomic E-state index is 11.7. The summed E-state index contributed by atoms with van der Waals surface area (Å²) < 4.78 is 24.6. The molecule has 0 aliphatic rings. The maximum absolute atomic E-state index is 11.7. The summed E-state index contributed by atoms with van der Waals surface area (Å²) in [6, 6.07) is 9.21. The van der Waals surface area contributed by atoms with Gasteiger partial charge in [0.1, 0.15) is 0 Å². The van der Waals surface area contributed by atoms with Crippen LogP contribution in [0.5, 0.6) is 0 Å². The summed E-state index contributed by atoms with van der Waals surface area (Å²) >= 11 is 0. The normalized spacial score (nSPS) is 11.5. The number of sulfonamides is 1. The fraction of sp³-hybridized carbons (Fsp3) is 0.462. The second kappa shape index (κ2) is 7.25. The van der Waals surface area contributed by atoms with Crippen LogP contribution < -0.4 is 5.32 Å². The van der Waals surface area contributed by atoms with E-state index in [0.717, 1.165) is 18.2 Å².